The molecule has 0 aromatic heterocycles. The van der Waals surface area contributed by atoms with Crippen molar-refractivity contribution in [2.24, 2.45) is 46.8 Å². The highest BCUT2D eigenvalue weighted by molar-refractivity contribution is 6.01. The van der Waals surface area contributed by atoms with Crippen LogP contribution in [-0.2, 0) is 0 Å². The van der Waals surface area contributed by atoms with Crippen molar-refractivity contribution in [1.29, 1.82) is 0 Å². The van der Waals surface area contributed by atoms with E-state index in [1.54, 1.807) is 7.11 Å². The Bertz CT molecular complexity index is 770. The van der Waals surface area contributed by atoms with Crippen LogP contribution in [0.25, 0.3) is 0 Å². The monoisotopic (exact) mass is 394 g/mol. The van der Waals surface area contributed by atoms with Gasteiger partial charge in [-0.3, -0.25) is 4.79 Å². The topological polar surface area (TPSA) is 26.3 Å². The Morgan fingerprint density at radius 1 is 0.966 bits per heavy atom. The molecule has 4 fully saturated rings. The molecule has 8 atom stereocenters. The van der Waals surface area contributed by atoms with Crippen LogP contribution < -0.4 is 4.74 Å². The van der Waals surface area contributed by atoms with E-state index in [2.05, 4.69) is 13.8 Å². The number of Topliss-reactive ketones (excluding diaryl/α,β-unsaturated/α-hetero) is 1. The second-order valence-corrected chi connectivity index (χ2v) is 11.1. The van der Waals surface area contributed by atoms with E-state index in [-0.39, 0.29) is 11.3 Å². The van der Waals surface area contributed by atoms with E-state index in [9.17, 15) is 4.79 Å². The van der Waals surface area contributed by atoms with Crippen molar-refractivity contribution < 1.29 is 9.53 Å². The molecule has 0 bridgehead atoms. The number of ether oxygens (including phenoxy) is 1. The van der Waals surface area contributed by atoms with Gasteiger partial charge in [0.15, 0.2) is 5.78 Å². The lowest BCUT2D eigenvalue weighted by molar-refractivity contribution is -0.0634. The molecular formula is C27H38O2. The van der Waals surface area contributed by atoms with Gasteiger partial charge in [0, 0.05) is 5.92 Å². The Balaban J connectivity index is 1.38. The molecule has 1 aromatic rings. The first kappa shape index (κ1) is 19.6. The molecular weight excluding hydrogens is 356 g/mol. The van der Waals surface area contributed by atoms with Crippen molar-refractivity contribution in [2.45, 2.75) is 71.6 Å². The van der Waals surface area contributed by atoms with E-state index in [4.69, 9.17) is 4.74 Å². The van der Waals surface area contributed by atoms with Gasteiger partial charge in [-0.15, -0.1) is 0 Å². The van der Waals surface area contributed by atoms with Crippen molar-refractivity contribution >= 4 is 5.78 Å². The van der Waals surface area contributed by atoms with Crippen molar-refractivity contribution in [3.05, 3.63) is 29.8 Å². The second kappa shape index (κ2) is 7.43. The minimum Gasteiger partial charge on any atom is -0.496 e. The third-order valence-electron chi connectivity index (χ3n) is 9.91. The lowest BCUT2D eigenvalue weighted by Gasteiger charge is -2.56. The molecule has 4 aliphatic rings. The smallest absolute Gasteiger partial charge is 0.170 e. The summed E-state index contributed by atoms with van der Waals surface area (Å²) in [4.78, 5) is 13.6. The van der Waals surface area contributed by atoms with Gasteiger partial charge < -0.3 is 4.74 Å². The van der Waals surface area contributed by atoms with E-state index in [1.807, 2.05) is 24.3 Å². The third kappa shape index (κ3) is 3.08. The third-order valence-corrected chi connectivity index (χ3v) is 9.91. The molecule has 158 valence electrons. The van der Waals surface area contributed by atoms with Crippen molar-refractivity contribution in [3.63, 3.8) is 0 Å². The molecule has 2 heteroatoms. The highest BCUT2D eigenvalue weighted by atomic mass is 16.5. The lowest BCUT2D eigenvalue weighted by atomic mass is 9.49. The van der Waals surface area contributed by atoms with Crippen LogP contribution in [0.5, 0.6) is 5.75 Å². The summed E-state index contributed by atoms with van der Waals surface area (Å²) in [5.74, 6) is 6.75. The number of fused-ring (bicyclic) bond motifs is 5. The normalized spacial score (nSPS) is 43.8. The summed E-state index contributed by atoms with van der Waals surface area (Å²) in [5.41, 5.74) is 0.988. The maximum atomic E-state index is 13.6. The summed E-state index contributed by atoms with van der Waals surface area (Å²) < 4.78 is 5.53. The molecule has 0 aliphatic heterocycles. The van der Waals surface area contributed by atoms with E-state index >= 15 is 0 Å². The average molecular weight is 395 g/mol. The van der Waals surface area contributed by atoms with Crippen LogP contribution in [0.15, 0.2) is 24.3 Å². The fourth-order valence-corrected chi connectivity index (χ4v) is 8.55. The van der Waals surface area contributed by atoms with E-state index in [1.165, 1.54) is 51.4 Å². The quantitative estimate of drug-likeness (QED) is 0.528. The zero-order valence-electron chi connectivity index (χ0n) is 18.5. The van der Waals surface area contributed by atoms with Gasteiger partial charge in [-0.25, -0.2) is 0 Å². The van der Waals surface area contributed by atoms with Crippen LogP contribution in [-0.4, -0.2) is 12.9 Å². The minimum atomic E-state index is 0.175. The first-order valence-corrected chi connectivity index (χ1v) is 12.2. The summed E-state index contributed by atoms with van der Waals surface area (Å²) >= 11 is 0. The second-order valence-electron chi connectivity index (χ2n) is 11.1. The van der Waals surface area contributed by atoms with Crippen molar-refractivity contribution in [3.8, 4) is 5.75 Å². The Kier molecular flexibility index (Phi) is 5.03. The molecule has 0 heterocycles. The first-order valence-electron chi connectivity index (χ1n) is 12.2. The van der Waals surface area contributed by atoms with Crippen LogP contribution in [0.4, 0.5) is 0 Å². The number of hydrogen-bond donors (Lipinski definition) is 0. The Morgan fingerprint density at radius 2 is 1.76 bits per heavy atom. The molecule has 2 nitrogen and oxygen atoms in total. The van der Waals surface area contributed by atoms with E-state index < -0.39 is 0 Å². The average Bonchev–Trinajstić information content (AvgIpc) is 3.10. The number of hydrogen-bond acceptors (Lipinski definition) is 2. The number of para-hydroxylation sites is 1. The van der Waals surface area contributed by atoms with Crippen LogP contribution >= 0.6 is 0 Å². The molecule has 0 radical (unpaired) electrons. The molecule has 0 amide bonds. The molecule has 0 spiro atoms. The van der Waals surface area contributed by atoms with Crippen LogP contribution in [0.3, 0.4) is 0 Å². The van der Waals surface area contributed by atoms with Gasteiger partial charge in [0.05, 0.1) is 12.7 Å². The minimum absolute atomic E-state index is 0.175. The van der Waals surface area contributed by atoms with E-state index in [0.717, 1.165) is 53.2 Å². The molecule has 7 unspecified atom stereocenters. The lowest BCUT2D eigenvalue weighted by Crippen LogP contribution is -2.49. The first-order chi connectivity index (χ1) is 14.0. The van der Waals surface area contributed by atoms with Crippen molar-refractivity contribution in [1.82, 2.24) is 0 Å². The molecule has 0 saturated heterocycles. The number of carbonyl (C=O) groups is 1. The SMILES string of the molecule is COc1ccccc1C(=O)[C@H]1CCC2C3CCC4CC(C)CCC4C3CCC21C. The summed E-state index contributed by atoms with van der Waals surface area (Å²) in [6, 6.07) is 7.85. The van der Waals surface area contributed by atoms with Crippen molar-refractivity contribution in [2.75, 3.05) is 7.11 Å². The maximum Gasteiger partial charge on any atom is 0.170 e. The van der Waals surface area contributed by atoms with Crippen LogP contribution in [0.2, 0.25) is 0 Å². The Labute approximate surface area is 176 Å². The standard InChI is InChI=1S/C27H38O2/c1-17-8-10-19-18(16-17)9-11-21-20(19)14-15-27(2)23(21)12-13-24(27)26(28)22-6-4-5-7-25(22)29-3/h4-7,17-21,23-24H,8-16H2,1-3H3/t17?,18?,19?,20?,21?,23?,24-,27?/m1/s1. The molecule has 0 N–H and O–H groups in total. The zero-order chi connectivity index (χ0) is 20.2. The summed E-state index contributed by atoms with van der Waals surface area (Å²) in [6.07, 6.45) is 12.2. The number of carbonyl (C=O) groups excluding carboxylic acids is 1. The highest BCUT2D eigenvalue weighted by Gasteiger charge is 2.58. The molecule has 4 saturated carbocycles. The summed E-state index contributed by atoms with van der Waals surface area (Å²) in [6.45, 7) is 4.93. The number of rotatable bonds is 3. The maximum absolute atomic E-state index is 13.6. The molecule has 4 aliphatic carbocycles. The van der Waals surface area contributed by atoms with Gasteiger partial charge in [0.2, 0.25) is 0 Å². The van der Waals surface area contributed by atoms with Gasteiger partial charge in [0.25, 0.3) is 0 Å². The number of ketones is 1. The predicted molar refractivity (Wildman–Crippen MR) is 117 cm³/mol. The van der Waals surface area contributed by atoms with Gasteiger partial charge in [-0.1, -0.05) is 32.4 Å². The van der Waals surface area contributed by atoms with Gasteiger partial charge in [-0.2, -0.15) is 0 Å². The molecule has 1 aromatic carbocycles. The molecule has 29 heavy (non-hydrogen) atoms. The summed E-state index contributed by atoms with van der Waals surface area (Å²) in [5, 5.41) is 0. The largest absolute Gasteiger partial charge is 0.496 e. The van der Waals surface area contributed by atoms with Crippen LogP contribution in [0, 0.1) is 46.8 Å². The van der Waals surface area contributed by atoms with E-state index in [0.29, 0.717) is 5.78 Å². The Hall–Kier alpha value is -1.31. The fourth-order valence-electron chi connectivity index (χ4n) is 8.55. The predicted octanol–water partition coefficient (Wildman–Crippen LogP) is 6.78. The van der Waals surface area contributed by atoms with Crippen LogP contribution in [0.1, 0.15) is 82.0 Å². The molecule has 5 rings (SSSR count). The Morgan fingerprint density at radius 3 is 2.59 bits per heavy atom. The number of methoxy groups -OCH3 is 1. The summed E-state index contributed by atoms with van der Waals surface area (Å²) in [7, 11) is 1.68. The van der Waals surface area contributed by atoms with Gasteiger partial charge in [0.1, 0.15) is 5.75 Å². The van der Waals surface area contributed by atoms with Gasteiger partial charge in [-0.05, 0) is 104 Å². The van der Waals surface area contributed by atoms with Gasteiger partial charge >= 0.3 is 0 Å². The zero-order valence-corrected chi connectivity index (χ0v) is 18.5. The highest BCUT2D eigenvalue weighted by Crippen LogP contribution is 2.64. The number of benzene rings is 1. The fraction of sp³-hybridized carbons (Fsp3) is 0.741.